The predicted molar refractivity (Wildman–Crippen MR) is 96.0 cm³/mol. The first-order chi connectivity index (χ1) is 13.1. The number of aromatic nitrogens is 4. The van der Waals surface area contributed by atoms with Gasteiger partial charge in [-0.3, -0.25) is 9.89 Å². The van der Waals surface area contributed by atoms with Crippen molar-refractivity contribution in [3.63, 3.8) is 0 Å². The van der Waals surface area contributed by atoms with Gasteiger partial charge in [-0.1, -0.05) is 0 Å². The monoisotopic (exact) mass is 368 g/mol. The van der Waals surface area contributed by atoms with Crippen LogP contribution in [0.5, 0.6) is 6.01 Å². The standard InChI is InChI=1S/C18H17FN6O2/c1-2-27-18-20-8-7-15(21-18)25-9-13-14(10-25)23-24-16(13)22-17(26)11-3-5-12(19)6-4-11/h3-8H,2,9-10H2,1H3,(H2,22,23,24,26). The smallest absolute Gasteiger partial charge is 0.318 e. The molecule has 27 heavy (non-hydrogen) atoms. The van der Waals surface area contributed by atoms with Crippen LogP contribution in [-0.2, 0) is 13.1 Å². The lowest BCUT2D eigenvalue weighted by molar-refractivity contribution is 0.102. The molecule has 0 saturated heterocycles. The van der Waals surface area contributed by atoms with Gasteiger partial charge in [0.05, 0.1) is 25.4 Å². The SMILES string of the molecule is CCOc1nccc(N2Cc3[nH]nc(NC(=O)c4ccc(F)cc4)c3C2)n1. The van der Waals surface area contributed by atoms with Crippen molar-refractivity contribution in [2.45, 2.75) is 20.0 Å². The summed E-state index contributed by atoms with van der Waals surface area (Å²) < 4.78 is 18.4. The van der Waals surface area contributed by atoms with Gasteiger partial charge in [0.1, 0.15) is 11.6 Å². The highest BCUT2D eigenvalue weighted by molar-refractivity contribution is 6.04. The lowest BCUT2D eigenvalue weighted by Crippen LogP contribution is -2.18. The molecule has 9 heteroatoms. The number of amides is 1. The summed E-state index contributed by atoms with van der Waals surface area (Å²) in [6.45, 7) is 3.48. The maximum atomic E-state index is 13.0. The van der Waals surface area contributed by atoms with Crippen molar-refractivity contribution >= 4 is 17.5 Å². The van der Waals surface area contributed by atoms with Crippen LogP contribution in [0.4, 0.5) is 16.0 Å². The number of nitrogens with zero attached hydrogens (tertiary/aromatic N) is 4. The van der Waals surface area contributed by atoms with Gasteiger partial charge in [0.15, 0.2) is 5.82 Å². The maximum absolute atomic E-state index is 13.0. The molecule has 0 bridgehead atoms. The van der Waals surface area contributed by atoms with E-state index in [0.717, 1.165) is 17.1 Å². The number of hydrogen-bond donors (Lipinski definition) is 2. The Morgan fingerprint density at radius 2 is 2.11 bits per heavy atom. The second-order valence-corrected chi connectivity index (χ2v) is 5.98. The molecule has 2 N–H and O–H groups in total. The number of carbonyl (C=O) groups excluding carboxylic acids is 1. The Balaban J connectivity index is 1.49. The van der Waals surface area contributed by atoms with E-state index in [-0.39, 0.29) is 11.7 Å². The van der Waals surface area contributed by atoms with E-state index in [0.29, 0.717) is 37.1 Å². The molecule has 1 aliphatic heterocycles. The average molecular weight is 368 g/mol. The van der Waals surface area contributed by atoms with Crippen molar-refractivity contribution < 1.29 is 13.9 Å². The second kappa shape index (κ2) is 7.02. The normalized spacial score (nSPS) is 12.7. The summed E-state index contributed by atoms with van der Waals surface area (Å²) in [4.78, 5) is 22.8. The van der Waals surface area contributed by atoms with Crippen LogP contribution in [0.3, 0.4) is 0 Å². The molecule has 138 valence electrons. The van der Waals surface area contributed by atoms with E-state index < -0.39 is 0 Å². The Morgan fingerprint density at radius 1 is 1.30 bits per heavy atom. The maximum Gasteiger partial charge on any atom is 0.318 e. The summed E-state index contributed by atoms with van der Waals surface area (Å²) in [6.07, 6.45) is 1.65. The molecule has 0 aliphatic carbocycles. The fourth-order valence-electron chi connectivity index (χ4n) is 2.89. The van der Waals surface area contributed by atoms with Crippen molar-refractivity contribution in [3.8, 4) is 6.01 Å². The lowest BCUT2D eigenvalue weighted by Gasteiger charge is -2.17. The molecule has 8 nitrogen and oxygen atoms in total. The largest absolute Gasteiger partial charge is 0.464 e. The summed E-state index contributed by atoms with van der Waals surface area (Å²) >= 11 is 0. The molecule has 0 fully saturated rings. The predicted octanol–water partition coefficient (Wildman–Crippen LogP) is 2.51. The number of H-pyrrole nitrogens is 1. The van der Waals surface area contributed by atoms with Crippen LogP contribution in [-0.4, -0.2) is 32.7 Å². The zero-order valence-corrected chi connectivity index (χ0v) is 14.6. The fourth-order valence-corrected chi connectivity index (χ4v) is 2.89. The van der Waals surface area contributed by atoms with Gasteiger partial charge in [0.25, 0.3) is 5.91 Å². The number of ether oxygens (including phenoxy) is 1. The van der Waals surface area contributed by atoms with Crippen molar-refractivity contribution in [3.05, 3.63) is 59.2 Å². The Morgan fingerprint density at radius 3 is 2.89 bits per heavy atom. The minimum absolute atomic E-state index is 0.327. The third-order valence-corrected chi connectivity index (χ3v) is 4.21. The minimum Gasteiger partial charge on any atom is -0.464 e. The highest BCUT2D eigenvalue weighted by Gasteiger charge is 2.27. The van der Waals surface area contributed by atoms with E-state index in [1.165, 1.54) is 24.3 Å². The summed E-state index contributed by atoms with van der Waals surface area (Å²) in [5.74, 6) is 0.456. The van der Waals surface area contributed by atoms with Gasteiger partial charge in [-0.05, 0) is 37.3 Å². The molecule has 0 saturated carbocycles. The van der Waals surface area contributed by atoms with Crippen LogP contribution in [0.2, 0.25) is 0 Å². The van der Waals surface area contributed by atoms with Crippen molar-refractivity contribution in [1.82, 2.24) is 20.2 Å². The number of hydrogen-bond acceptors (Lipinski definition) is 6. The molecule has 0 unspecified atom stereocenters. The van der Waals surface area contributed by atoms with E-state index >= 15 is 0 Å². The first-order valence-electron chi connectivity index (χ1n) is 8.48. The highest BCUT2D eigenvalue weighted by atomic mass is 19.1. The summed E-state index contributed by atoms with van der Waals surface area (Å²) in [5.41, 5.74) is 2.16. The number of benzene rings is 1. The Kier molecular flexibility index (Phi) is 4.41. The van der Waals surface area contributed by atoms with E-state index in [4.69, 9.17) is 4.74 Å². The summed E-state index contributed by atoms with van der Waals surface area (Å²) in [6, 6.07) is 7.49. The molecule has 2 aromatic heterocycles. The lowest BCUT2D eigenvalue weighted by atomic mass is 10.2. The number of nitrogens with one attached hydrogen (secondary N) is 2. The second-order valence-electron chi connectivity index (χ2n) is 5.98. The van der Waals surface area contributed by atoms with Gasteiger partial charge in [-0.2, -0.15) is 10.1 Å². The van der Waals surface area contributed by atoms with E-state index in [9.17, 15) is 9.18 Å². The molecule has 3 heterocycles. The van der Waals surface area contributed by atoms with Crippen LogP contribution in [0.25, 0.3) is 0 Å². The quantitative estimate of drug-likeness (QED) is 0.718. The third-order valence-electron chi connectivity index (χ3n) is 4.21. The first kappa shape index (κ1) is 17.0. The molecule has 1 aliphatic rings. The molecule has 0 radical (unpaired) electrons. The van der Waals surface area contributed by atoms with Crippen LogP contribution in [0.15, 0.2) is 36.5 Å². The molecular formula is C18H17FN6O2. The third kappa shape index (κ3) is 3.43. The van der Waals surface area contributed by atoms with Gasteiger partial charge in [-0.25, -0.2) is 9.37 Å². The van der Waals surface area contributed by atoms with E-state index in [1.807, 2.05) is 11.8 Å². The van der Waals surface area contributed by atoms with Crippen LogP contribution in [0.1, 0.15) is 28.5 Å². The van der Waals surface area contributed by atoms with Gasteiger partial charge in [0, 0.05) is 17.3 Å². The number of aromatic amines is 1. The van der Waals surface area contributed by atoms with E-state index in [1.54, 1.807) is 12.3 Å². The van der Waals surface area contributed by atoms with Crippen LogP contribution < -0.4 is 15.0 Å². The van der Waals surface area contributed by atoms with Crippen LogP contribution >= 0.6 is 0 Å². The molecular weight excluding hydrogens is 351 g/mol. The number of carbonyl (C=O) groups is 1. The molecule has 0 spiro atoms. The highest BCUT2D eigenvalue weighted by Crippen LogP contribution is 2.30. The molecule has 3 aromatic rings. The zero-order chi connectivity index (χ0) is 18.8. The van der Waals surface area contributed by atoms with Gasteiger partial charge in [-0.15, -0.1) is 0 Å². The molecule has 1 amide bonds. The number of anilines is 2. The Hall–Kier alpha value is -3.49. The fraction of sp³-hybridized carbons (Fsp3) is 0.222. The summed E-state index contributed by atoms with van der Waals surface area (Å²) in [7, 11) is 0. The van der Waals surface area contributed by atoms with E-state index in [2.05, 4.69) is 25.5 Å². The minimum atomic E-state index is -0.390. The molecule has 4 rings (SSSR count). The summed E-state index contributed by atoms with van der Waals surface area (Å²) in [5, 5.41) is 9.91. The number of halogens is 1. The van der Waals surface area contributed by atoms with Gasteiger partial charge >= 0.3 is 6.01 Å². The Bertz CT molecular complexity index is 972. The Labute approximate surface area is 154 Å². The van der Waals surface area contributed by atoms with Gasteiger partial charge < -0.3 is 15.0 Å². The molecule has 1 aromatic carbocycles. The van der Waals surface area contributed by atoms with Crippen molar-refractivity contribution in [1.29, 1.82) is 0 Å². The van der Waals surface area contributed by atoms with Crippen LogP contribution in [0, 0.1) is 5.82 Å². The van der Waals surface area contributed by atoms with Gasteiger partial charge in [0.2, 0.25) is 0 Å². The first-order valence-corrected chi connectivity index (χ1v) is 8.48. The number of fused-ring (bicyclic) bond motifs is 1. The molecule has 0 atom stereocenters. The average Bonchev–Trinajstić information content (AvgIpc) is 3.25. The van der Waals surface area contributed by atoms with Crippen molar-refractivity contribution in [2.24, 2.45) is 0 Å². The topological polar surface area (TPSA) is 96.0 Å². The van der Waals surface area contributed by atoms with Crippen molar-refractivity contribution in [2.75, 3.05) is 16.8 Å². The zero-order valence-electron chi connectivity index (χ0n) is 14.6. The number of rotatable bonds is 5.